The van der Waals surface area contributed by atoms with Crippen molar-refractivity contribution < 1.29 is 4.39 Å². The van der Waals surface area contributed by atoms with Gasteiger partial charge in [0.05, 0.1) is 0 Å². The highest BCUT2D eigenvalue weighted by Gasteiger charge is 2.29. The highest BCUT2D eigenvalue weighted by molar-refractivity contribution is 6.31. The molecule has 0 radical (unpaired) electrons. The normalized spacial score (nSPS) is 16.4. The minimum atomic E-state index is -0.191. The van der Waals surface area contributed by atoms with Gasteiger partial charge in [-0.3, -0.25) is 4.90 Å². The Morgan fingerprint density at radius 2 is 1.82 bits per heavy atom. The maximum Gasteiger partial charge on any atom is 0.123 e. The zero-order chi connectivity index (χ0) is 25.3. The van der Waals surface area contributed by atoms with Crippen molar-refractivity contribution >= 4 is 23.4 Å². The summed E-state index contributed by atoms with van der Waals surface area (Å²) in [5.41, 5.74) is 4.97. The standard InChI is InChI=1S/C27H33ClFN3.C2H6/c1-19(2)27-18-31(17-22-7-12-25(29)13-8-22)14-15-32(27)21(5)6-9-23-10-11-24(28)16-26(23)30-20(3)4;1-2/h6-13,16,19,27,30H,3,5,14-15,17-18H2,1-2,4H3;1-2H3/b9-6+;/t27-;/m0./s1. The molecule has 3 nitrogen and oxygen atoms in total. The summed E-state index contributed by atoms with van der Waals surface area (Å²) in [6.45, 7) is 22.4. The molecule has 1 fully saturated rings. The first-order valence-corrected chi connectivity index (χ1v) is 12.4. The van der Waals surface area contributed by atoms with Crippen LogP contribution in [0.5, 0.6) is 0 Å². The fraction of sp³-hybridized carbons (Fsp3) is 0.379. The van der Waals surface area contributed by atoms with Gasteiger partial charge in [0.15, 0.2) is 0 Å². The fourth-order valence-corrected chi connectivity index (χ4v) is 4.25. The Morgan fingerprint density at radius 3 is 2.44 bits per heavy atom. The number of hydrogen-bond donors (Lipinski definition) is 1. The van der Waals surface area contributed by atoms with Crippen LogP contribution in [0, 0.1) is 11.7 Å². The van der Waals surface area contributed by atoms with E-state index in [0.717, 1.165) is 54.4 Å². The van der Waals surface area contributed by atoms with Crippen molar-refractivity contribution in [3.05, 3.63) is 95.1 Å². The molecular weight excluding hydrogens is 445 g/mol. The largest absolute Gasteiger partial charge is 0.366 e. The maximum absolute atomic E-state index is 13.2. The van der Waals surface area contributed by atoms with E-state index in [1.165, 1.54) is 12.1 Å². The second-order valence-corrected chi connectivity index (χ2v) is 9.26. The van der Waals surface area contributed by atoms with E-state index < -0.39 is 0 Å². The molecule has 0 saturated carbocycles. The van der Waals surface area contributed by atoms with Crippen LogP contribution in [0.25, 0.3) is 6.08 Å². The number of piperazine rings is 1. The highest BCUT2D eigenvalue weighted by Crippen LogP contribution is 2.26. The molecule has 3 rings (SSSR count). The lowest BCUT2D eigenvalue weighted by atomic mass is 9.98. The van der Waals surface area contributed by atoms with Crippen molar-refractivity contribution in [2.75, 3.05) is 25.0 Å². The molecule has 1 saturated heterocycles. The van der Waals surface area contributed by atoms with E-state index in [2.05, 4.69) is 54.3 Å². The van der Waals surface area contributed by atoms with Gasteiger partial charge in [-0.1, -0.05) is 76.7 Å². The van der Waals surface area contributed by atoms with Crippen molar-refractivity contribution in [2.45, 2.75) is 47.2 Å². The third kappa shape index (κ3) is 8.03. The fourth-order valence-electron chi connectivity index (χ4n) is 4.08. The zero-order valence-electron chi connectivity index (χ0n) is 21.2. The van der Waals surface area contributed by atoms with Gasteiger partial charge in [0.2, 0.25) is 0 Å². The van der Waals surface area contributed by atoms with E-state index >= 15 is 0 Å². The third-order valence-corrected chi connectivity index (χ3v) is 6.01. The van der Waals surface area contributed by atoms with Crippen molar-refractivity contribution in [1.29, 1.82) is 0 Å². The van der Waals surface area contributed by atoms with Crippen LogP contribution < -0.4 is 5.32 Å². The lowest BCUT2D eigenvalue weighted by molar-refractivity contribution is 0.0743. The Morgan fingerprint density at radius 1 is 1.15 bits per heavy atom. The predicted octanol–water partition coefficient (Wildman–Crippen LogP) is 7.82. The van der Waals surface area contributed by atoms with Crippen LogP contribution in [-0.4, -0.2) is 35.5 Å². The molecule has 0 aliphatic carbocycles. The van der Waals surface area contributed by atoms with Crippen LogP contribution >= 0.6 is 11.6 Å². The van der Waals surface area contributed by atoms with E-state index in [1.54, 1.807) is 0 Å². The Labute approximate surface area is 210 Å². The molecule has 0 unspecified atom stereocenters. The summed E-state index contributed by atoms with van der Waals surface area (Å²) in [4.78, 5) is 4.85. The summed E-state index contributed by atoms with van der Waals surface area (Å²) in [6.07, 6.45) is 4.16. The average molecular weight is 484 g/mol. The molecule has 1 aliphatic rings. The average Bonchev–Trinajstić information content (AvgIpc) is 2.80. The topological polar surface area (TPSA) is 18.5 Å². The van der Waals surface area contributed by atoms with E-state index in [0.29, 0.717) is 17.0 Å². The van der Waals surface area contributed by atoms with Gasteiger partial charge in [-0.25, -0.2) is 4.39 Å². The number of anilines is 1. The van der Waals surface area contributed by atoms with Crippen LogP contribution in [-0.2, 0) is 6.54 Å². The lowest BCUT2D eigenvalue weighted by Gasteiger charge is -2.45. The molecule has 5 heteroatoms. The van der Waals surface area contributed by atoms with Crippen LogP contribution in [0.3, 0.4) is 0 Å². The zero-order valence-corrected chi connectivity index (χ0v) is 22.0. The molecular formula is C29H39ClFN3. The van der Waals surface area contributed by atoms with Gasteiger partial charge in [-0.05, 0) is 54.3 Å². The molecule has 0 bridgehead atoms. The van der Waals surface area contributed by atoms with Gasteiger partial charge in [-0.2, -0.15) is 0 Å². The summed E-state index contributed by atoms with van der Waals surface area (Å²) in [7, 11) is 0. The molecule has 2 aromatic carbocycles. The van der Waals surface area contributed by atoms with Crippen molar-refractivity contribution in [1.82, 2.24) is 9.80 Å². The number of hydrogen-bond acceptors (Lipinski definition) is 3. The SMILES string of the molecule is C=C(C)Nc1cc(Cl)ccc1/C=C/C(=C)N1CCN(Cc2ccc(F)cc2)C[C@H]1C(C)C.CC. The summed E-state index contributed by atoms with van der Waals surface area (Å²) >= 11 is 6.18. The summed E-state index contributed by atoms with van der Waals surface area (Å²) < 4.78 is 13.2. The van der Waals surface area contributed by atoms with Gasteiger partial charge >= 0.3 is 0 Å². The molecule has 0 spiro atoms. The number of benzene rings is 2. The molecule has 34 heavy (non-hydrogen) atoms. The van der Waals surface area contributed by atoms with Crippen LogP contribution in [0.2, 0.25) is 5.02 Å². The molecule has 1 heterocycles. The first-order valence-electron chi connectivity index (χ1n) is 12.1. The maximum atomic E-state index is 13.2. The second-order valence-electron chi connectivity index (χ2n) is 8.83. The highest BCUT2D eigenvalue weighted by atomic mass is 35.5. The first-order chi connectivity index (χ1) is 16.2. The molecule has 1 aliphatic heterocycles. The van der Waals surface area contributed by atoms with Gasteiger partial charge in [0.25, 0.3) is 0 Å². The summed E-state index contributed by atoms with van der Waals surface area (Å²) in [5.74, 6) is 0.288. The molecule has 2 aromatic rings. The van der Waals surface area contributed by atoms with Crippen molar-refractivity contribution in [3.63, 3.8) is 0 Å². The van der Waals surface area contributed by atoms with Gasteiger partial charge in [0.1, 0.15) is 5.82 Å². The molecule has 0 aromatic heterocycles. The Kier molecular flexibility index (Phi) is 10.9. The Hall–Kier alpha value is -2.56. The van der Waals surface area contributed by atoms with E-state index in [4.69, 9.17) is 11.6 Å². The second kappa shape index (κ2) is 13.4. The number of nitrogens with zero attached hydrogens (tertiary/aromatic N) is 2. The molecule has 1 atom stereocenters. The number of rotatable bonds is 8. The number of halogens is 2. The van der Waals surface area contributed by atoms with E-state index in [9.17, 15) is 4.39 Å². The quantitative estimate of drug-likeness (QED) is 0.386. The Balaban J connectivity index is 0.00000199. The van der Waals surface area contributed by atoms with Crippen molar-refractivity contribution in [2.24, 2.45) is 5.92 Å². The monoisotopic (exact) mass is 483 g/mol. The molecule has 0 amide bonds. The van der Waals surface area contributed by atoms with Crippen LogP contribution in [0.1, 0.15) is 45.7 Å². The van der Waals surface area contributed by atoms with Gasteiger partial charge < -0.3 is 10.2 Å². The minimum absolute atomic E-state index is 0.191. The van der Waals surface area contributed by atoms with Crippen LogP contribution in [0.4, 0.5) is 10.1 Å². The molecule has 1 N–H and O–H groups in total. The van der Waals surface area contributed by atoms with Gasteiger partial charge in [-0.15, -0.1) is 0 Å². The number of nitrogens with one attached hydrogen (secondary N) is 1. The summed E-state index contributed by atoms with van der Waals surface area (Å²) in [5, 5.41) is 3.96. The van der Waals surface area contributed by atoms with Gasteiger partial charge in [0, 0.05) is 54.3 Å². The third-order valence-electron chi connectivity index (χ3n) is 5.78. The number of allylic oxidation sites excluding steroid dienone is 2. The Bertz CT molecular complexity index is 981. The predicted molar refractivity (Wildman–Crippen MR) is 146 cm³/mol. The lowest BCUT2D eigenvalue weighted by Crippen LogP contribution is -2.53. The van der Waals surface area contributed by atoms with Crippen molar-refractivity contribution in [3.8, 4) is 0 Å². The van der Waals surface area contributed by atoms with E-state index in [1.807, 2.05) is 51.1 Å². The van der Waals surface area contributed by atoms with E-state index in [-0.39, 0.29) is 5.82 Å². The molecule has 184 valence electrons. The smallest absolute Gasteiger partial charge is 0.123 e. The minimum Gasteiger partial charge on any atom is -0.366 e. The summed E-state index contributed by atoms with van der Waals surface area (Å²) in [6, 6.07) is 13.0. The van der Waals surface area contributed by atoms with Crippen LogP contribution in [0.15, 0.2) is 73.1 Å². The first kappa shape index (κ1) is 27.7.